The summed E-state index contributed by atoms with van der Waals surface area (Å²) in [6, 6.07) is 2.18. The molecule has 0 aliphatic rings. The Bertz CT molecular complexity index is 492. The zero-order chi connectivity index (χ0) is 13.2. The standard InChI is InChI=1S/C13H21NO2S/c1-9-8-10(2)12(4)13(11(9)3)6-7-14-17(5,15)16/h8,14H,6-7H2,1-5H3. The van der Waals surface area contributed by atoms with Gasteiger partial charge in [-0.25, -0.2) is 13.1 Å². The van der Waals surface area contributed by atoms with Crippen molar-refractivity contribution >= 4 is 10.0 Å². The van der Waals surface area contributed by atoms with Gasteiger partial charge in [0.1, 0.15) is 0 Å². The van der Waals surface area contributed by atoms with Crippen LogP contribution in [0.2, 0.25) is 0 Å². The van der Waals surface area contributed by atoms with Crippen molar-refractivity contribution in [1.82, 2.24) is 4.72 Å². The Balaban J connectivity index is 2.91. The van der Waals surface area contributed by atoms with E-state index in [-0.39, 0.29) is 0 Å². The number of aryl methyl sites for hydroxylation is 2. The number of benzene rings is 1. The molecule has 0 aliphatic heterocycles. The molecule has 0 saturated heterocycles. The Kier molecular flexibility index (Phi) is 4.33. The maximum Gasteiger partial charge on any atom is 0.208 e. The van der Waals surface area contributed by atoms with Crippen LogP contribution in [-0.4, -0.2) is 21.2 Å². The third-order valence-corrected chi connectivity index (χ3v) is 3.99. The van der Waals surface area contributed by atoms with E-state index in [0.717, 1.165) is 6.42 Å². The van der Waals surface area contributed by atoms with Crippen LogP contribution in [0.3, 0.4) is 0 Å². The molecule has 1 N–H and O–H groups in total. The molecule has 0 heterocycles. The lowest BCUT2D eigenvalue weighted by atomic mass is 9.92. The van der Waals surface area contributed by atoms with E-state index in [2.05, 4.69) is 38.5 Å². The van der Waals surface area contributed by atoms with Gasteiger partial charge >= 0.3 is 0 Å². The lowest BCUT2D eigenvalue weighted by Gasteiger charge is -2.15. The molecular formula is C13H21NO2S. The Hall–Kier alpha value is -0.870. The van der Waals surface area contributed by atoms with Crippen molar-refractivity contribution in [2.24, 2.45) is 0 Å². The molecule has 4 heteroatoms. The highest BCUT2D eigenvalue weighted by Crippen LogP contribution is 2.21. The number of hydrogen-bond acceptors (Lipinski definition) is 2. The van der Waals surface area contributed by atoms with Gasteiger partial charge < -0.3 is 0 Å². The molecule has 0 bridgehead atoms. The van der Waals surface area contributed by atoms with Gasteiger partial charge in [-0.2, -0.15) is 0 Å². The van der Waals surface area contributed by atoms with Crippen LogP contribution < -0.4 is 4.72 Å². The summed E-state index contributed by atoms with van der Waals surface area (Å²) in [5.41, 5.74) is 6.33. The van der Waals surface area contributed by atoms with E-state index in [0.29, 0.717) is 6.54 Å². The first-order valence-corrected chi connectivity index (χ1v) is 7.62. The second-order valence-corrected chi connectivity index (χ2v) is 6.49. The summed E-state index contributed by atoms with van der Waals surface area (Å²) < 4.78 is 24.6. The van der Waals surface area contributed by atoms with Crippen molar-refractivity contribution in [2.75, 3.05) is 12.8 Å². The fraction of sp³-hybridized carbons (Fsp3) is 0.538. The summed E-state index contributed by atoms with van der Waals surface area (Å²) in [5, 5.41) is 0. The molecule has 3 nitrogen and oxygen atoms in total. The number of nitrogens with one attached hydrogen (secondary N) is 1. The molecule has 1 aromatic carbocycles. The average molecular weight is 255 g/mol. The van der Waals surface area contributed by atoms with E-state index >= 15 is 0 Å². The highest BCUT2D eigenvalue weighted by molar-refractivity contribution is 7.88. The maximum absolute atomic E-state index is 11.0. The van der Waals surface area contributed by atoms with Crippen LogP contribution in [0.15, 0.2) is 6.07 Å². The fourth-order valence-electron chi connectivity index (χ4n) is 2.03. The lowest BCUT2D eigenvalue weighted by molar-refractivity contribution is 0.587. The van der Waals surface area contributed by atoms with E-state index in [1.807, 2.05) is 0 Å². The predicted octanol–water partition coefficient (Wildman–Crippen LogP) is 2.01. The molecule has 0 fully saturated rings. The third-order valence-electron chi connectivity index (χ3n) is 3.26. The van der Waals surface area contributed by atoms with E-state index < -0.39 is 10.0 Å². The van der Waals surface area contributed by atoms with Crippen molar-refractivity contribution < 1.29 is 8.42 Å². The highest BCUT2D eigenvalue weighted by atomic mass is 32.2. The number of rotatable bonds is 4. The van der Waals surface area contributed by atoms with Crippen LogP contribution in [0.4, 0.5) is 0 Å². The molecule has 0 atom stereocenters. The average Bonchev–Trinajstić information content (AvgIpc) is 2.19. The quantitative estimate of drug-likeness (QED) is 0.894. The summed E-state index contributed by atoms with van der Waals surface area (Å²) in [5.74, 6) is 0. The topological polar surface area (TPSA) is 46.2 Å². The molecule has 0 amide bonds. The summed E-state index contributed by atoms with van der Waals surface area (Å²) in [6.07, 6.45) is 1.93. The molecule has 1 rings (SSSR count). The Morgan fingerprint density at radius 1 is 1.06 bits per heavy atom. The zero-order valence-corrected chi connectivity index (χ0v) is 12.0. The molecule has 0 aromatic heterocycles. The largest absolute Gasteiger partial charge is 0.215 e. The number of sulfonamides is 1. The molecule has 17 heavy (non-hydrogen) atoms. The van der Waals surface area contributed by atoms with Crippen molar-refractivity contribution in [3.8, 4) is 0 Å². The van der Waals surface area contributed by atoms with E-state index in [1.165, 1.54) is 34.1 Å². The molecule has 0 saturated carbocycles. The van der Waals surface area contributed by atoms with Crippen LogP contribution in [0.1, 0.15) is 27.8 Å². The summed E-state index contributed by atoms with van der Waals surface area (Å²) >= 11 is 0. The molecule has 1 aromatic rings. The van der Waals surface area contributed by atoms with Crippen LogP contribution in [0.5, 0.6) is 0 Å². The SMILES string of the molecule is Cc1cc(C)c(C)c(CCNS(C)(=O)=O)c1C. The highest BCUT2D eigenvalue weighted by Gasteiger charge is 2.09. The second kappa shape index (κ2) is 5.19. The first-order chi connectivity index (χ1) is 7.72. The molecular weight excluding hydrogens is 234 g/mol. The van der Waals surface area contributed by atoms with E-state index in [4.69, 9.17) is 0 Å². The fourth-order valence-corrected chi connectivity index (χ4v) is 2.51. The van der Waals surface area contributed by atoms with Gasteiger partial charge in [-0.15, -0.1) is 0 Å². The van der Waals surface area contributed by atoms with Gasteiger partial charge in [0.2, 0.25) is 10.0 Å². The van der Waals surface area contributed by atoms with Crippen LogP contribution >= 0.6 is 0 Å². The molecule has 0 radical (unpaired) electrons. The van der Waals surface area contributed by atoms with Crippen LogP contribution in [-0.2, 0) is 16.4 Å². The van der Waals surface area contributed by atoms with Crippen molar-refractivity contribution in [2.45, 2.75) is 34.1 Å². The molecule has 96 valence electrons. The first-order valence-electron chi connectivity index (χ1n) is 5.73. The van der Waals surface area contributed by atoms with Gasteiger partial charge in [-0.3, -0.25) is 0 Å². The monoisotopic (exact) mass is 255 g/mol. The van der Waals surface area contributed by atoms with Crippen LogP contribution in [0.25, 0.3) is 0 Å². The van der Waals surface area contributed by atoms with Crippen LogP contribution in [0, 0.1) is 27.7 Å². The molecule has 0 spiro atoms. The van der Waals surface area contributed by atoms with Gasteiger partial charge in [0.15, 0.2) is 0 Å². The Morgan fingerprint density at radius 3 is 1.94 bits per heavy atom. The third kappa shape index (κ3) is 3.82. The minimum Gasteiger partial charge on any atom is -0.215 e. The summed E-state index contributed by atoms with van der Waals surface area (Å²) in [4.78, 5) is 0. The molecule has 0 unspecified atom stereocenters. The van der Waals surface area contributed by atoms with E-state index in [9.17, 15) is 8.42 Å². The van der Waals surface area contributed by atoms with Gasteiger partial charge in [0.05, 0.1) is 6.26 Å². The summed E-state index contributed by atoms with van der Waals surface area (Å²) in [6.45, 7) is 8.84. The van der Waals surface area contributed by atoms with Crippen molar-refractivity contribution in [1.29, 1.82) is 0 Å². The minimum absolute atomic E-state index is 0.462. The lowest BCUT2D eigenvalue weighted by Crippen LogP contribution is -2.24. The zero-order valence-electron chi connectivity index (χ0n) is 11.2. The van der Waals surface area contributed by atoms with Gasteiger partial charge in [-0.05, 0) is 61.9 Å². The van der Waals surface area contributed by atoms with Gasteiger partial charge in [0.25, 0.3) is 0 Å². The summed E-state index contributed by atoms with van der Waals surface area (Å²) in [7, 11) is -3.09. The smallest absolute Gasteiger partial charge is 0.208 e. The van der Waals surface area contributed by atoms with Gasteiger partial charge in [0, 0.05) is 6.54 Å². The van der Waals surface area contributed by atoms with E-state index in [1.54, 1.807) is 0 Å². The minimum atomic E-state index is -3.09. The second-order valence-electron chi connectivity index (χ2n) is 4.66. The normalized spacial score (nSPS) is 11.8. The predicted molar refractivity (Wildman–Crippen MR) is 71.9 cm³/mol. The van der Waals surface area contributed by atoms with Crippen molar-refractivity contribution in [3.63, 3.8) is 0 Å². The van der Waals surface area contributed by atoms with Crippen molar-refractivity contribution in [3.05, 3.63) is 33.9 Å². The molecule has 0 aliphatic carbocycles. The van der Waals surface area contributed by atoms with Gasteiger partial charge in [-0.1, -0.05) is 6.07 Å². The maximum atomic E-state index is 11.0. The first kappa shape index (κ1) is 14.2. The Morgan fingerprint density at radius 2 is 1.53 bits per heavy atom. The number of hydrogen-bond donors (Lipinski definition) is 1. The Labute approximate surface area is 104 Å².